The fourth-order valence-corrected chi connectivity index (χ4v) is 5.28. The van der Waals surface area contributed by atoms with E-state index in [1.165, 1.54) is 23.9 Å². The highest BCUT2D eigenvalue weighted by Crippen LogP contribution is 2.39. The molecule has 0 unspecified atom stereocenters. The predicted molar refractivity (Wildman–Crippen MR) is 135 cm³/mol. The van der Waals surface area contributed by atoms with E-state index in [4.69, 9.17) is 9.73 Å². The van der Waals surface area contributed by atoms with Gasteiger partial charge in [0, 0.05) is 6.04 Å². The molecule has 1 saturated carbocycles. The van der Waals surface area contributed by atoms with Gasteiger partial charge in [-0.2, -0.15) is 0 Å². The summed E-state index contributed by atoms with van der Waals surface area (Å²) >= 11 is 1.44. The van der Waals surface area contributed by atoms with Gasteiger partial charge in [0.15, 0.2) is 5.17 Å². The van der Waals surface area contributed by atoms with E-state index in [0.717, 1.165) is 53.4 Å². The highest BCUT2D eigenvalue weighted by atomic mass is 32.2. The second kappa shape index (κ2) is 10.3. The fourth-order valence-electron chi connectivity index (χ4n) is 4.22. The molecule has 34 heavy (non-hydrogen) atoms. The lowest BCUT2D eigenvalue weighted by molar-refractivity contribution is -0.123. The molecule has 1 aliphatic carbocycles. The molecule has 0 spiro atoms. The van der Waals surface area contributed by atoms with Gasteiger partial charge in [-0.05, 0) is 78.2 Å². The first-order valence-corrected chi connectivity index (χ1v) is 12.3. The Morgan fingerprint density at radius 2 is 1.68 bits per heavy atom. The first-order valence-electron chi connectivity index (χ1n) is 11.5. The second-order valence-electron chi connectivity index (χ2n) is 8.44. The van der Waals surface area contributed by atoms with E-state index in [0.29, 0.717) is 11.5 Å². The lowest BCUT2D eigenvalue weighted by atomic mass is 10.2. The summed E-state index contributed by atoms with van der Waals surface area (Å²) in [7, 11) is 0. The zero-order valence-electron chi connectivity index (χ0n) is 18.7. The van der Waals surface area contributed by atoms with Crippen molar-refractivity contribution >= 4 is 34.6 Å². The molecule has 3 aromatic carbocycles. The van der Waals surface area contributed by atoms with Gasteiger partial charge in [-0.25, -0.2) is 9.38 Å². The molecule has 0 N–H and O–H groups in total. The van der Waals surface area contributed by atoms with Crippen LogP contribution in [-0.4, -0.2) is 22.0 Å². The molecule has 3 aromatic rings. The van der Waals surface area contributed by atoms with Gasteiger partial charge in [0.05, 0.1) is 10.6 Å². The average Bonchev–Trinajstić information content (AvgIpc) is 3.48. The van der Waals surface area contributed by atoms with Crippen molar-refractivity contribution in [1.82, 2.24) is 4.90 Å². The van der Waals surface area contributed by atoms with Crippen molar-refractivity contribution in [3.63, 3.8) is 0 Å². The molecule has 5 rings (SSSR count). The van der Waals surface area contributed by atoms with Gasteiger partial charge in [-0.3, -0.25) is 9.69 Å². The highest BCUT2D eigenvalue weighted by Gasteiger charge is 2.39. The highest BCUT2D eigenvalue weighted by molar-refractivity contribution is 8.18. The van der Waals surface area contributed by atoms with E-state index in [1.54, 1.807) is 12.1 Å². The van der Waals surface area contributed by atoms with E-state index in [1.807, 2.05) is 65.6 Å². The van der Waals surface area contributed by atoms with Crippen LogP contribution < -0.4 is 4.74 Å². The molecule has 6 heteroatoms. The number of amides is 1. The SMILES string of the molecule is O=C1C(=Cc2ccc(OCc3ccc(F)cc3)cc2)SC(=Nc2ccccc2)N1C1CCCC1. The Bertz CT molecular complexity index is 1200. The summed E-state index contributed by atoms with van der Waals surface area (Å²) in [5.74, 6) is 0.489. The van der Waals surface area contributed by atoms with Gasteiger partial charge < -0.3 is 4.74 Å². The first kappa shape index (κ1) is 22.4. The monoisotopic (exact) mass is 472 g/mol. The molecule has 2 fully saturated rings. The van der Waals surface area contributed by atoms with Crippen LogP contribution in [-0.2, 0) is 11.4 Å². The van der Waals surface area contributed by atoms with Crippen LogP contribution in [0.5, 0.6) is 5.75 Å². The molecule has 0 aromatic heterocycles. The molecule has 4 nitrogen and oxygen atoms in total. The minimum atomic E-state index is -0.260. The van der Waals surface area contributed by atoms with Crippen molar-refractivity contribution in [2.75, 3.05) is 0 Å². The summed E-state index contributed by atoms with van der Waals surface area (Å²) in [5.41, 5.74) is 2.68. The van der Waals surface area contributed by atoms with Gasteiger partial charge in [-0.15, -0.1) is 0 Å². The third-order valence-electron chi connectivity index (χ3n) is 6.00. The minimum absolute atomic E-state index is 0.0308. The molecule has 1 saturated heterocycles. The van der Waals surface area contributed by atoms with Crippen LogP contribution in [0, 0.1) is 5.82 Å². The molecule has 2 aliphatic rings. The van der Waals surface area contributed by atoms with Crippen LogP contribution >= 0.6 is 11.8 Å². The molecule has 0 atom stereocenters. The third-order valence-corrected chi connectivity index (χ3v) is 6.99. The Kier molecular flexibility index (Phi) is 6.77. The number of hydrogen-bond donors (Lipinski definition) is 0. The number of hydrogen-bond acceptors (Lipinski definition) is 4. The second-order valence-corrected chi connectivity index (χ2v) is 9.45. The molecule has 1 aliphatic heterocycles. The summed E-state index contributed by atoms with van der Waals surface area (Å²) in [6.07, 6.45) is 6.26. The molecule has 172 valence electrons. The fraction of sp³-hybridized carbons (Fsp3) is 0.214. The minimum Gasteiger partial charge on any atom is -0.489 e. The van der Waals surface area contributed by atoms with Crippen molar-refractivity contribution in [3.8, 4) is 5.75 Å². The van der Waals surface area contributed by atoms with Gasteiger partial charge >= 0.3 is 0 Å². The van der Waals surface area contributed by atoms with Crippen molar-refractivity contribution in [3.05, 3.63) is 101 Å². The first-order chi connectivity index (χ1) is 16.7. The van der Waals surface area contributed by atoms with E-state index < -0.39 is 0 Å². The number of halogens is 1. The number of aliphatic imine (C=N–C) groups is 1. The Hall–Kier alpha value is -3.38. The zero-order valence-corrected chi connectivity index (χ0v) is 19.5. The van der Waals surface area contributed by atoms with Crippen molar-refractivity contribution in [1.29, 1.82) is 0 Å². The summed E-state index contributed by atoms with van der Waals surface area (Å²) in [4.78, 5) is 20.7. The average molecular weight is 473 g/mol. The molecule has 0 bridgehead atoms. The number of ether oxygens (including phenoxy) is 1. The van der Waals surface area contributed by atoms with Gasteiger partial charge in [-0.1, -0.05) is 55.3 Å². The number of amidine groups is 1. The Morgan fingerprint density at radius 1 is 0.971 bits per heavy atom. The predicted octanol–water partition coefficient (Wildman–Crippen LogP) is 6.95. The number of rotatable bonds is 6. The summed E-state index contributed by atoms with van der Waals surface area (Å²) in [6, 6.07) is 23.9. The van der Waals surface area contributed by atoms with Crippen LogP contribution in [0.4, 0.5) is 10.1 Å². The number of para-hydroxylation sites is 1. The molecular formula is C28H25FN2O2S. The maximum Gasteiger partial charge on any atom is 0.267 e. The van der Waals surface area contributed by atoms with Crippen molar-refractivity contribution < 1.29 is 13.9 Å². The van der Waals surface area contributed by atoms with Crippen LogP contribution in [0.15, 0.2) is 88.8 Å². The molecule has 1 amide bonds. The van der Waals surface area contributed by atoms with Gasteiger partial charge in [0.2, 0.25) is 0 Å². The van der Waals surface area contributed by atoms with E-state index in [2.05, 4.69) is 0 Å². The summed E-state index contributed by atoms with van der Waals surface area (Å²) < 4.78 is 18.9. The van der Waals surface area contributed by atoms with E-state index in [9.17, 15) is 9.18 Å². The Morgan fingerprint density at radius 3 is 2.38 bits per heavy atom. The molecule has 0 radical (unpaired) electrons. The zero-order chi connectivity index (χ0) is 23.3. The smallest absolute Gasteiger partial charge is 0.267 e. The summed E-state index contributed by atoms with van der Waals surface area (Å²) in [6.45, 7) is 0.366. The van der Waals surface area contributed by atoms with Crippen LogP contribution in [0.1, 0.15) is 36.8 Å². The maximum atomic E-state index is 13.4. The normalized spacial score (nSPS) is 18.9. The maximum absolute atomic E-state index is 13.4. The number of thioether (sulfide) groups is 1. The van der Waals surface area contributed by atoms with E-state index >= 15 is 0 Å². The number of carbonyl (C=O) groups excluding carboxylic acids is 1. The number of nitrogens with zero attached hydrogens (tertiary/aromatic N) is 2. The molecular weight excluding hydrogens is 447 g/mol. The lowest BCUT2D eigenvalue weighted by Gasteiger charge is -2.22. The van der Waals surface area contributed by atoms with Crippen molar-refractivity contribution in [2.24, 2.45) is 4.99 Å². The van der Waals surface area contributed by atoms with Gasteiger partial charge in [0.25, 0.3) is 5.91 Å². The largest absolute Gasteiger partial charge is 0.489 e. The number of benzene rings is 3. The summed E-state index contributed by atoms with van der Waals surface area (Å²) in [5, 5.41) is 0.758. The van der Waals surface area contributed by atoms with E-state index in [-0.39, 0.29) is 17.8 Å². The van der Waals surface area contributed by atoms with Crippen LogP contribution in [0.25, 0.3) is 6.08 Å². The van der Waals surface area contributed by atoms with Crippen LogP contribution in [0.3, 0.4) is 0 Å². The lowest BCUT2D eigenvalue weighted by Crippen LogP contribution is -2.37. The Labute approximate surface area is 203 Å². The Balaban J connectivity index is 1.32. The third kappa shape index (κ3) is 5.23. The van der Waals surface area contributed by atoms with Crippen molar-refractivity contribution in [2.45, 2.75) is 38.3 Å². The molecule has 1 heterocycles. The topological polar surface area (TPSA) is 41.9 Å². The van der Waals surface area contributed by atoms with Gasteiger partial charge in [0.1, 0.15) is 18.2 Å². The van der Waals surface area contributed by atoms with Crippen LogP contribution in [0.2, 0.25) is 0 Å². The standard InChI is InChI=1S/C28H25FN2O2S/c29-22-14-10-21(11-15-22)19-33-25-16-12-20(13-17-25)18-26-27(32)31(24-8-4-5-9-24)28(34-26)30-23-6-2-1-3-7-23/h1-3,6-7,10-18,24H,4-5,8-9,19H2. The number of carbonyl (C=O) groups is 1. The quantitative estimate of drug-likeness (QED) is 0.365.